The van der Waals surface area contributed by atoms with Gasteiger partial charge in [0.15, 0.2) is 23.1 Å². The lowest BCUT2D eigenvalue weighted by molar-refractivity contribution is 0.250. The summed E-state index contributed by atoms with van der Waals surface area (Å²) in [5.74, 6) is -2.45. The zero-order valence-corrected chi connectivity index (χ0v) is 18.5. The van der Waals surface area contributed by atoms with Gasteiger partial charge in [-0.25, -0.2) is 18.6 Å². The van der Waals surface area contributed by atoms with Crippen molar-refractivity contribution in [1.29, 1.82) is 0 Å². The number of aliphatic hydroxyl groups is 1. The molecule has 33 heavy (non-hydrogen) atoms. The maximum absolute atomic E-state index is 15.1. The standard InChI is InChI=1S/C22H25F2N5O4/c1-28-19-12(10-26-21-14(19)8-13(27-21)4-5-25-6-7-30)11-29(22(28)31)20-17(23)15(32-2)9-16(33-3)18(20)24/h8-10,25,30H,4-7,11H2,1-3H3,(H,26,27). The molecule has 176 valence electrons. The lowest BCUT2D eigenvalue weighted by atomic mass is 10.1. The first-order valence-electron chi connectivity index (χ1n) is 10.4. The maximum Gasteiger partial charge on any atom is 0.329 e. The van der Waals surface area contributed by atoms with Crippen LogP contribution in [0.1, 0.15) is 11.3 Å². The summed E-state index contributed by atoms with van der Waals surface area (Å²) in [5, 5.41) is 12.7. The molecule has 4 rings (SSSR count). The zero-order chi connectivity index (χ0) is 23.7. The number of aromatic nitrogens is 2. The molecule has 2 amide bonds. The van der Waals surface area contributed by atoms with Gasteiger partial charge in [-0.15, -0.1) is 0 Å². The molecular formula is C22H25F2N5O4. The predicted octanol–water partition coefficient (Wildman–Crippen LogP) is 2.56. The van der Waals surface area contributed by atoms with Crippen LogP contribution in [0.25, 0.3) is 11.0 Å². The molecule has 9 nitrogen and oxygen atoms in total. The highest BCUT2D eigenvalue weighted by molar-refractivity contribution is 6.11. The molecule has 0 saturated heterocycles. The number of amides is 2. The molecule has 11 heteroatoms. The zero-order valence-electron chi connectivity index (χ0n) is 18.5. The summed E-state index contributed by atoms with van der Waals surface area (Å²) >= 11 is 0. The van der Waals surface area contributed by atoms with E-state index in [1.807, 2.05) is 6.07 Å². The molecule has 1 aromatic carbocycles. The van der Waals surface area contributed by atoms with E-state index in [0.29, 0.717) is 36.4 Å². The lowest BCUT2D eigenvalue weighted by Gasteiger charge is -2.35. The smallest absolute Gasteiger partial charge is 0.329 e. The minimum Gasteiger partial charge on any atom is -0.493 e. The normalized spacial score (nSPS) is 13.6. The molecule has 3 N–H and O–H groups in total. The van der Waals surface area contributed by atoms with E-state index in [9.17, 15) is 4.79 Å². The molecule has 0 fully saturated rings. The molecule has 3 heterocycles. The van der Waals surface area contributed by atoms with Crippen LogP contribution < -0.4 is 24.6 Å². The Hall–Kier alpha value is -3.44. The lowest BCUT2D eigenvalue weighted by Crippen LogP contribution is -2.46. The molecule has 1 aliphatic heterocycles. The summed E-state index contributed by atoms with van der Waals surface area (Å²) in [7, 11) is 4.06. The van der Waals surface area contributed by atoms with Gasteiger partial charge in [-0.3, -0.25) is 9.80 Å². The van der Waals surface area contributed by atoms with E-state index in [1.165, 1.54) is 19.1 Å². The van der Waals surface area contributed by atoms with Crippen LogP contribution in [0.3, 0.4) is 0 Å². The Morgan fingerprint density at radius 1 is 1.15 bits per heavy atom. The number of nitrogens with zero attached hydrogens (tertiary/aromatic N) is 3. The van der Waals surface area contributed by atoms with Gasteiger partial charge in [0.05, 0.1) is 33.1 Å². The molecule has 0 radical (unpaired) electrons. The van der Waals surface area contributed by atoms with E-state index in [4.69, 9.17) is 14.6 Å². The Balaban J connectivity index is 1.74. The summed E-state index contributed by atoms with van der Waals surface area (Å²) < 4.78 is 40.1. The summed E-state index contributed by atoms with van der Waals surface area (Å²) in [5.41, 5.74) is 2.24. The van der Waals surface area contributed by atoms with E-state index < -0.39 is 23.4 Å². The fraction of sp³-hybridized carbons (Fsp3) is 0.364. The number of urea groups is 1. The molecule has 1 aliphatic rings. The minimum absolute atomic E-state index is 0.0610. The molecule has 0 atom stereocenters. The first kappa shape index (κ1) is 22.7. The third-order valence-electron chi connectivity index (χ3n) is 5.62. The van der Waals surface area contributed by atoms with Crippen LogP contribution in [0.4, 0.5) is 25.0 Å². The highest BCUT2D eigenvalue weighted by atomic mass is 19.1. The van der Waals surface area contributed by atoms with Crippen molar-refractivity contribution in [2.45, 2.75) is 13.0 Å². The van der Waals surface area contributed by atoms with Crippen molar-refractivity contribution in [3.8, 4) is 11.5 Å². The van der Waals surface area contributed by atoms with E-state index >= 15 is 8.78 Å². The van der Waals surface area contributed by atoms with Gasteiger partial charge in [0.25, 0.3) is 0 Å². The molecule has 0 aliphatic carbocycles. The number of aliphatic hydroxyl groups excluding tert-OH is 1. The number of rotatable bonds is 8. The number of anilines is 2. The number of carbonyl (C=O) groups is 1. The van der Waals surface area contributed by atoms with Gasteiger partial charge >= 0.3 is 6.03 Å². The van der Waals surface area contributed by atoms with Crippen molar-refractivity contribution in [2.24, 2.45) is 0 Å². The first-order valence-corrected chi connectivity index (χ1v) is 10.4. The third-order valence-corrected chi connectivity index (χ3v) is 5.62. The number of nitrogens with one attached hydrogen (secondary N) is 2. The van der Waals surface area contributed by atoms with Gasteiger partial charge in [-0.2, -0.15) is 0 Å². The Morgan fingerprint density at radius 2 is 1.85 bits per heavy atom. The first-order chi connectivity index (χ1) is 15.9. The molecule has 3 aromatic rings. The quantitative estimate of drug-likeness (QED) is 0.446. The number of aromatic amines is 1. The van der Waals surface area contributed by atoms with Crippen LogP contribution in [0, 0.1) is 11.6 Å². The number of pyridine rings is 1. The topological polar surface area (TPSA) is 103 Å². The Kier molecular flexibility index (Phi) is 6.34. The third kappa shape index (κ3) is 3.93. The monoisotopic (exact) mass is 461 g/mol. The van der Waals surface area contributed by atoms with E-state index in [1.54, 1.807) is 13.2 Å². The number of hydrogen-bond donors (Lipinski definition) is 3. The van der Waals surface area contributed by atoms with Crippen LogP contribution in [-0.4, -0.2) is 62.1 Å². The average Bonchev–Trinajstić information content (AvgIpc) is 3.23. The molecule has 0 spiro atoms. The summed E-state index contributed by atoms with van der Waals surface area (Å²) in [4.78, 5) is 23.3. The maximum atomic E-state index is 15.1. The van der Waals surface area contributed by atoms with E-state index in [0.717, 1.165) is 22.0 Å². The SMILES string of the molecule is COc1cc(OC)c(F)c(N2Cc3cnc4[nH]c(CCNCCO)cc4c3N(C)C2=O)c1F. The Labute approximate surface area is 188 Å². The van der Waals surface area contributed by atoms with Gasteiger partial charge in [-0.1, -0.05) is 0 Å². The van der Waals surface area contributed by atoms with Gasteiger partial charge in [-0.05, 0) is 6.07 Å². The van der Waals surface area contributed by atoms with Crippen LogP contribution in [0.15, 0.2) is 18.3 Å². The van der Waals surface area contributed by atoms with E-state index in [-0.39, 0.29) is 24.7 Å². The fourth-order valence-electron chi connectivity index (χ4n) is 4.03. The van der Waals surface area contributed by atoms with Crippen molar-refractivity contribution in [3.05, 3.63) is 41.2 Å². The molecule has 0 unspecified atom stereocenters. The molecular weight excluding hydrogens is 436 g/mol. The van der Waals surface area contributed by atoms with Crippen molar-refractivity contribution in [3.63, 3.8) is 0 Å². The summed E-state index contributed by atoms with van der Waals surface area (Å²) in [6.07, 6.45) is 2.26. The second-order valence-corrected chi connectivity index (χ2v) is 7.60. The van der Waals surface area contributed by atoms with Crippen molar-refractivity contribution in [2.75, 3.05) is 50.8 Å². The highest BCUT2D eigenvalue weighted by Gasteiger charge is 2.36. The Bertz CT molecular complexity index is 1170. The predicted molar refractivity (Wildman–Crippen MR) is 119 cm³/mol. The van der Waals surface area contributed by atoms with Crippen LogP contribution in [0.5, 0.6) is 11.5 Å². The van der Waals surface area contributed by atoms with Gasteiger partial charge < -0.3 is 24.9 Å². The van der Waals surface area contributed by atoms with Crippen LogP contribution in [0.2, 0.25) is 0 Å². The average molecular weight is 461 g/mol. The van der Waals surface area contributed by atoms with Crippen LogP contribution in [-0.2, 0) is 13.0 Å². The second kappa shape index (κ2) is 9.20. The van der Waals surface area contributed by atoms with Crippen molar-refractivity contribution in [1.82, 2.24) is 15.3 Å². The number of fused-ring (bicyclic) bond motifs is 3. The van der Waals surface area contributed by atoms with Crippen molar-refractivity contribution >= 4 is 28.4 Å². The number of carbonyl (C=O) groups excluding carboxylic acids is 1. The number of methoxy groups -OCH3 is 2. The van der Waals surface area contributed by atoms with Gasteiger partial charge in [0.2, 0.25) is 0 Å². The number of ether oxygens (including phenoxy) is 2. The highest BCUT2D eigenvalue weighted by Crippen LogP contribution is 2.42. The van der Waals surface area contributed by atoms with Crippen molar-refractivity contribution < 1.29 is 28.2 Å². The fourth-order valence-corrected chi connectivity index (χ4v) is 4.03. The van der Waals surface area contributed by atoms with Gasteiger partial charge in [0.1, 0.15) is 11.3 Å². The number of halogens is 2. The molecule has 2 aromatic heterocycles. The minimum atomic E-state index is -0.991. The molecule has 0 bridgehead atoms. The number of hydrogen-bond acceptors (Lipinski definition) is 6. The number of H-pyrrole nitrogens is 1. The summed E-state index contributed by atoms with van der Waals surface area (Å²) in [6.45, 7) is 1.15. The van der Waals surface area contributed by atoms with E-state index in [2.05, 4.69) is 15.3 Å². The Morgan fingerprint density at radius 3 is 2.48 bits per heavy atom. The largest absolute Gasteiger partial charge is 0.493 e. The molecule has 0 saturated carbocycles. The van der Waals surface area contributed by atoms with Gasteiger partial charge in [0, 0.05) is 55.5 Å². The second-order valence-electron chi connectivity index (χ2n) is 7.60. The van der Waals surface area contributed by atoms with Crippen LogP contribution >= 0.6 is 0 Å². The number of benzene rings is 1. The summed E-state index contributed by atoms with van der Waals surface area (Å²) in [6, 6.07) is 2.41.